The van der Waals surface area contributed by atoms with Gasteiger partial charge in [0.15, 0.2) is 11.5 Å². The molecule has 2 N–H and O–H groups in total. The Kier molecular flexibility index (Phi) is 2.41. The van der Waals surface area contributed by atoms with Gasteiger partial charge in [-0.05, 0) is 12.8 Å². The van der Waals surface area contributed by atoms with Crippen molar-refractivity contribution in [1.82, 2.24) is 9.55 Å². The minimum Gasteiger partial charge on any atom is -0.486 e. The van der Waals surface area contributed by atoms with E-state index in [0.29, 0.717) is 25.7 Å². The molecular formula is C14H17N3O2. The van der Waals surface area contributed by atoms with Crippen LogP contribution in [0.15, 0.2) is 12.1 Å². The highest BCUT2D eigenvalue weighted by Crippen LogP contribution is 2.42. The molecule has 0 radical (unpaired) electrons. The van der Waals surface area contributed by atoms with Gasteiger partial charge in [-0.1, -0.05) is 0 Å². The summed E-state index contributed by atoms with van der Waals surface area (Å²) in [6, 6.07) is 4.03. The van der Waals surface area contributed by atoms with Crippen molar-refractivity contribution in [2.45, 2.75) is 25.3 Å². The van der Waals surface area contributed by atoms with Gasteiger partial charge in [0.2, 0.25) is 0 Å². The monoisotopic (exact) mass is 259 g/mol. The zero-order valence-electron chi connectivity index (χ0n) is 10.8. The molecule has 2 heterocycles. The summed E-state index contributed by atoms with van der Waals surface area (Å²) in [5.74, 6) is 3.40. The summed E-state index contributed by atoms with van der Waals surface area (Å²) in [6.07, 6.45) is 2.47. The highest BCUT2D eigenvalue weighted by molar-refractivity contribution is 5.81. The Balaban J connectivity index is 1.91. The fourth-order valence-electron chi connectivity index (χ4n) is 2.70. The van der Waals surface area contributed by atoms with Crippen LogP contribution in [0.3, 0.4) is 0 Å². The lowest BCUT2D eigenvalue weighted by Gasteiger charge is -2.18. The zero-order valence-corrected chi connectivity index (χ0v) is 10.8. The quantitative estimate of drug-likeness (QED) is 0.910. The first-order valence-corrected chi connectivity index (χ1v) is 6.86. The van der Waals surface area contributed by atoms with Crippen LogP contribution in [0.4, 0.5) is 0 Å². The lowest BCUT2D eigenvalue weighted by atomic mass is 10.2. The van der Waals surface area contributed by atoms with E-state index in [1.807, 2.05) is 12.1 Å². The van der Waals surface area contributed by atoms with Gasteiger partial charge in [-0.3, -0.25) is 0 Å². The third-order valence-corrected chi connectivity index (χ3v) is 3.74. The molecule has 2 aliphatic rings. The Morgan fingerprint density at radius 3 is 2.63 bits per heavy atom. The Bertz CT molecular complexity index is 631. The number of benzene rings is 1. The number of rotatable bonds is 3. The van der Waals surface area contributed by atoms with E-state index in [1.54, 1.807) is 0 Å². The van der Waals surface area contributed by atoms with Crippen molar-refractivity contribution in [3.63, 3.8) is 0 Å². The first kappa shape index (κ1) is 11.1. The maximum atomic E-state index is 5.73. The molecular weight excluding hydrogens is 242 g/mol. The number of hydrogen-bond acceptors (Lipinski definition) is 4. The maximum Gasteiger partial charge on any atom is 0.163 e. The zero-order chi connectivity index (χ0) is 12.8. The van der Waals surface area contributed by atoms with E-state index in [4.69, 9.17) is 20.2 Å². The summed E-state index contributed by atoms with van der Waals surface area (Å²) in [5.41, 5.74) is 7.83. The van der Waals surface area contributed by atoms with Crippen molar-refractivity contribution in [3.8, 4) is 11.5 Å². The standard InChI is InChI=1S/C14H17N3O2/c15-3-4-17-11-8-13-12(18-5-6-19-13)7-10(11)16-14(17)9-1-2-9/h7-9H,1-6,15H2. The number of nitrogens with zero attached hydrogens (tertiary/aromatic N) is 2. The van der Waals surface area contributed by atoms with Gasteiger partial charge < -0.3 is 19.8 Å². The fourth-order valence-corrected chi connectivity index (χ4v) is 2.70. The molecule has 0 atom stereocenters. The molecule has 4 rings (SSSR count). The molecule has 100 valence electrons. The van der Waals surface area contributed by atoms with E-state index in [9.17, 15) is 0 Å². The lowest BCUT2D eigenvalue weighted by Crippen LogP contribution is -2.15. The second-order valence-corrected chi connectivity index (χ2v) is 5.17. The molecule has 2 aromatic rings. The van der Waals surface area contributed by atoms with Crippen molar-refractivity contribution in [2.24, 2.45) is 5.73 Å². The number of nitrogens with two attached hydrogens (primary N) is 1. The van der Waals surface area contributed by atoms with Gasteiger partial charge in [0.05, 0.1) is 11.0 Å². The SMILES string of the molecule is NCCn1c(C2CC2)nc2cc3c(cc21)OCCO3. The Labute approximate surface area is 111 Å². The first-order valence-electron chi connectivity index (χ1n) is 6.86. The van der Waals surface area contributed by atoms with Crippen molar-refractivity contribution in [3.05, 3.63) is 18.0 Å². The van der Waals surface area contributed by atoms with E-state index in [1.165, 1.54) is 18.7 Å². The van der Waals surface area contributed by atoms with E-state index < -0.39 is 0 Å². The van der Waals surface area contributed by atoms with Gasteiger partial charge in [-0.2, -0.15) is 0 Å². The number of hydrogen-bond donors (Lipinski definition) is 1. The van der Waals surface area contributed by atoms with Crippen molar-refractivity contribution >= 4 is 11.0 Å². The fraction of sp³-hybridized carbons (Fsp3) is 0.500. The highest BCUT2D eigenvalue weighted by Gasteiger charge is 2.30. The third kappa shape index (κ3) is 1.76. The van der Waals surface area contributed by atoms with Crippen molar-refractivity contribution in [1.29, 1.82) is 0 Å². The molecule has 1 aromatic heterocycles. The summed E-state index contributed by atoms with van der Waals surface area (Å²) in [4.78, 5) is 4.77. The van der Waals surface area contributed by atoms with Gasteiger partial charge in [0.25, 0.3) is 0 Å². The van der Waals surface area contributed by atoms with Crippen LogP contribution in [0.2, 0.25) is 0 Å². The van der Waals surface area contributed by atoms with Crippen LogP contribution >= 0.6 is 0 Å². The van der Waals surface area contributed by atoms with E-state index in [0.717, 1.165) is 29.1 Å². The largest absolute Gasteiger partial charge is 0.486 e. The number of aromatic nitrogens is 2. The molecule has 0 saturated heterocycles. The minimum atomic E-state index is 0.609. The number of ether oxygens (including phenoxy) is 2. The van der Waals surface area contributed by atoms with Gasteiger partial charge in [0.1, 0.15) is 19.0 Å². The Hall–Kier alpha value is -1.75. The van der Waals surface area contributed by atoms with Crippen LogP contribution < -0.4 is 15.2 Å². The van der Waals surface area contributed by atoms with Gasteiger partial charge in [-0.25, -0.2) is 4.98 Å². The van der Waals surface area contributed by atoms with Crippen LogP contribution in [-0.4, -0.2) is 29.3 Å². The summed E-state index contributed by atoms with van der Waals surface area (Å²) in [7, 11) is 0. The molecule has 5 nitrogen and oxygen atoms in total. The average molecular weight is 259 g/mol. The second-order valence-electron chi connectivity index (χ2n) is 5.17. The highest BCUT2D eigenvalue weighted by atomic mass is 16.6. The van der Waals surface area contributed by atoms with Crippen molar-refractivity contribution in [2.75, 3.05) is 19.8 Å². The number of fused-ring (bicyclic) bond motifs is 2. The smallest absolute Gasteiger partial charge is 0.163 e. The summed E-state index contributed by atoms with van der Waals surface area (Å²) >= 11 is 0. The molecule has 19 heavy (non-hydrogen) atoms. The molecule has 5 heteroatoms. The predicted molar refractivity (Wildman–Crippen MR) is 71.8 cm³/mol. The maximum absolute atomic E-state index is 5.73. The van der Waals surface area contributed by atoms with Crippen molar-refractivity contribution < 1.29 is 9.47 Å². The Morgan fingerprint density at radius 1 is 1.21 bits per heavy atom. The summed E-state index contributed by atoms with van der Waals surface area (Å²) in [5, 5.41) is 0. The van der Waals surface area contributed by atoms with Gasteiger partial charge >= 0.3 is 0 Å². The molecule has 1 aromatic carbocycles. The second kappa shape index (κ2) is 4.13. The first-order chi connectivity index (χ1) is 9.36. The van der Waals surface area contributed by atoms with Crippen LogP contribution in [0, 0.1) is 0 Å². The summed E-state index contributed by atoms with van der Waals surface area (Å²) < 4.78 is 13.5. The van der Waals surface area contributed by atoms with Crippen LogP contribution in [0.5, 0.6) is 11.5 Å². The van der Waals surface area contributed by atoms with Crippen LogP contribution in [0.25, 0.3) is 11.0 Å². The third-order valence-electron chi connectivity index (χ3n) is 3.74. The summed E-state index contributed by atoms with van der Waals surface area (Å²) in [6.45, 7) is 2.65. The van der Waals surface area contributed by atoms with Gasteiger partial charge in [0, 0.05) is 31.1 Å². The van der Waals surface area contributed by atoms with Crippen LogP contribution in [0.1, 0.15) is 24.6 Å². The van der Waals surface area contributed by atoms with E-state index in [2.05, 4.69) is 4.57 Å². The molecule has 1 saturated carbocycles. The topological polar surface area (TPSA) is 62.3 Å². The molecule has 1 aliphatic carbocycles. The van der Waals surface area contributed by atoms with Gasteiger partial charge in [-0.15, -0.1) is 0 Å². The van der Waals surface area contributed by atoms with Crippen LogP contribution in [-0.2, 0) is 6.54 Å². The van der Waals surface area contributed by atoms with E-state index >= 15 is 0 Å². The molecule has 1 fully saturated rings. The predicted octanol–water partition coefficient (Wildman–Crippen LogP) is 1.64. The molecule has 1 aliphatic heterocycles. The average Bonchev–Trinajstić information content (AvgIpc) is 3.22. The lowest BCUT2D eigenvalue weighted by molar-refractivity contribution is 0.172. The molecule has 0 spiro atoms. The molecule has 0 unspecified atom stereocenters. The minimum absolute atomic E-state index is 0.609. The molecule has 0 bridgehead atoms. The number of imidazole rings is 1. The molecule has 0 amide bonds. The van der Waals surface area contributed by atoms with E-state index in [-0.39, 0.29) is 0 Å². The Morgan fingerprint density at radius 2 is 1.95 bits per heavy atom. The normalized spacial score (nSPS) is 17.9.